The Labute approximate surface area is 86.6 Å². The molecule has 1 aromatic heterocycles. The molecule has 2 heterocycles. The number of aromatic amines is 1. The number of rotatable bonds is 1. The summed E-state index contributed by atoms with van der Waals surface area (Å²) in [5, 5.41) is 8.89. The van der Waals surface area contributed by atoms with Gasteiger partial charge in [0, 0.05) is 13.2 Å². The predicted molar refractivity (Wildman–Crippen MR) is 51.9 cm³/mol. The van der Waals surface area contributed by atoms with Crippen molar-refractivity contribution in [3.63, 3.8) is 0 Å². The lowest BCUT2D eigenvalue weighted by atomic mass is 9.90. The Kier molecular flexibility index (Phi) is 1.99. The number of imide groups is 1. The molecule has 0 aliphatic carbocycles. The summed E-state index contributed by atoms with van der Waals surface area (Å²) in [5.74, 6) is -0.268. The monoisotopic (exact) mass is 208 g/mol. The van der Waals surface area contributed by atoms with Crippen molar-refractivity contribution < 1.29 is 9.59 Å². The van der Waals surface area contributed by atoms with Crippen LogP contribution in [0.4, 0.5) is 4.79 Å². The van der Waals surface area contributed by atoms with Gasteiger partial charge in [-0.15, -0.1) is 0 Å². The molecule has 15 heavy (non-hydrogen) atoms. The number of amides is 3. The van der Waals surface area contributed by atoms with Crippen LogP contribution >= 0.6 is 0 Å². The smallest absolute Gasteiger partial charge is 0.316 e. The van der Waals surface area contributed by atoms with E-state index in [4.69, 9.17) is 0 Å². The number of carbonyl (C=O) groups is 2. The molecule has 6 nitrogen and oxygen atoms in total. The normalized spacial score (nSPS) is 26.7. The van der Waals surface area contributed by atoms with Crippen molar-refractivity contribution in [2.45, 2.75) is 18.9 Å². The topological polar surface area (TPSA) is 78.1 Å². The zero-order valence-corrected chi connectivity index (χ0v) is 8.57. The molecule has 1 aliphatic heterocycles. The summed E-state index contributed by atoms with van der Waals surface area (Å²) in [4.78, 5) is 24.3. The first kappa shape index (κ1) is 9.70. The molecule has 1 saturated heterocycles. The number of hydrogen-bond donors (Lipinski definition) is 2. The van der Waals surface area contributed by atoms with E-state index in [9.17, 15) is 9.59 Å². The van der Waals surface area contributed by atoms with E-state index in [1.807, 2.05) is 6.92 Å². The fourth-order valence-corrected chi connectivity index (χ4v) is 1.73. The largest absolute Gasteiger partial charge is 0.324 e. The van der Waals surface area contributed by atoms with Gasteiger partial charge in [-0.05, 0) is 13.0 Å². The van der Waals surface area contributed by atoms with Crippen LogP contribution < -0.4 is 5.32 Å². The summed E-state index contributed by atoms with van der Waals surface area (Å²) in [5.41, 5.74) is 0.115. The average molecular weight is 208 g/mol. The second-order valence-corrected chi connectivity index (χ2v) is 3.83. The fourth-order valence-electron chi connectivity index (χ4n) is 1.73. The second-order valence-electron chi connectivity index (χ2n) is 3.83. The van der Waals surface area contributed by atoms with Crippen LogP contribution in [0, 0.1) is 0 Å². The quantitative estimate of drug-likeness (QED) is 0.691. The zero-order valence-electron chi connectivity index (χ0n) is 8.57. The maximum Gasteiger partial charge on any atom is 0.324 e. The van der Waals surface area contributed by atoms with Crippen LogP contribution in [0.15, 0.2) is 12.3 Å². The van der Waals surface area contributed by atoms with Gasteiger partial charge in [-0.2, -0.15) is 5.10 Å². The van der Waals surface area contributed by atoms with Crippen LogP contribution in [0.5, 0.6) is 0 Å². The van der Waals surface area contributed by atoms with Crippen LogP contribution in [0.1, 0.15) is 19.0 Å². The molecular weight excluding hydrogens is 196 g/mol. The van der Waals surface area contributed by atoms with Gasteiger partial charge in [0.1, 0.15) is 0 Å². The average Bonchev–Trinajstić information content (AvgIpc) is 2.67. The summed E-state index contributed by atoms with van der Waals surface area (Å²) in [6.45, 7) is 1.83. The molecule has 0 spiro atoms. The van der Waals surface area contributed by atoms with E-state index >= 15 is 0 Å². The van der Waals surface area contributed by atoms with Gasteiger partial charge in [-0.3, -0.25) is 15.2 Å². The Morgan fingerprint density at radius 1 is 1.53 bits per heavy atom. The minimum Gasteiger partial charge on any atom is -0.316 e. The minimum absolute atomic E-state index is 0.234. The van der Waals surface area contributed by atoms with E-state index in [-0.39, 0.29) is 18.4 Å². The number of H-pyrrole nitrogens is 1. The highest BCUT2D eigenvalue weighted by molar-refractivity contribution is 5.97. The van der Waals surface area contributed by atoms with Gasteiger partial charge in [0.05, 0.1) is 17.7 Å². The van der Waals surface area contributed by atoms with E-state index in [1.54, 1.807) is 19.3 Å². The Bertz CT molecular complexity index is 400. The molecule has 1 aliphatic rings. The minimum atomic E-state index is -0.643. The van der Waals surface area contributed by atoms with Gasteiger partial charge in [-0.1, -0.05) is 0 Å². The molecule has 0 saturated carbocycles. The molecule has 1 unspecified atom stereocenters. The number of urea groups is 1. The third-order valence-corrected chi connectivity index (χ3v) is 2.88. The Morgan fingerprint density at radius 2 is 2.27 bits per heavy atom. The first-order valence-corrected chi connectivity index (χ1v) is 4.61. The van der Waals surface area contributed by atoms with Gasteiger partial charge < -0.3 is 4.90 Å². The summed E-state index contributed by atoms with van der Waals surface area (Å²) in [6, 6.07) is 1.38. The van der Waals surface area contributed by atoms with Crippen molar-refractivity contribution in [1.82, 2.24) is 20.4 Å². The fraction of sp³-hybridized carbons (Fsp3) is 0.444. The summed E-state index contributed by atoms with van der Waals surface area (Å²) in [7, 11) is 1.66. The van der Waals surface area contributed by atoms with E-state index < -0.39 is 5.54 Å². The van der Waals surface area contributed by atoms with E-state index in [0.717, 1.165) is 5.69 Å². The molecule has 0 bridgehead atoms. The van der Waals surface area contributed by atoms with Gasteiger partial charge in [0.2, 0.25) is 5.91 Å². The molecule has 3 amide bonds. The Hall–Kier alpha value is -1.85. The zero-order chi connectivity index (χ0) is 11.1. The third kappa shape index (κ3) is 1.38. The summed E-state index contributed by atoms with van der Waals surface area (Å²) in [6.07, 6.45) is 1.84. The van der Waals surface area contributed by atoms with Crippen LogP contribution in [0.3, 0.4) is 0 Å². The molecule has 80 valence electrons. The van der Waals surface area contributed by atoms with Crippen LogP contribution in [0.2, 0.25) is 0 Å². The third-order valence-electron chi connectivity index (χ3n) is 2.88. The molecule has 1 aromatic rings. The lowest BCUT2D eigenvalue weighted by molar-refractivity contribution is -0.124. The maximum absolute atomic E-state index is 11.5. The van der Waals surface area contributed by atoms with E-state index in [1.165, 1.54) is 4.90 Å². The first-order valence-electron chi connectivity index (χ1n) is 4.61. The van der Waals surface area contributed by atoms with Crippen molar-refractivity contribution in [1.29, 1.82) is 0 Å². The van der Waals surface area contributed by atoms with Crippen LogP contribution in [-0.4, -0.2) is 34.1 Å². The maximum atomic E-state index is 11.5. The lowest BCUT2D eigenvalue weighted by Crippen LogP contribution is -2.58. The lowest BCUT2D eigenvalue weighted by Gasteiger charge is -2.40. The SMILES string of the molecule is CN1C(=O)NC(=O)CC1(C)c1ccn[nH]1. The van der Waals surface area contributed by atoms with Gasteiger partial charge in [-0.25, -0.2) is 4.79 Å². The van der Waals surface area contributed by atoms with Crippen molar-refractivity contribution in [3.05, 3.63) is 18.0 Å². The Morgan fingerprint density at radius 3 is 2.87 bits per heavy atom. The second kappa shape index (κ2) is 3.08. The molecular formula is C9H12N4O2. The molecule has 1 fully saturated rings. The standard InChI is InChI=1S/C9H12N4O2/c1-9(6-3-4-10-12-6)5-7(14)11-8(15)13(9)2/h3-4H,5H2,1-2H3,(H,10,12)(H,11,14,15). The summed E-state index contributed by atoms with van der Waals surface area (Å²) < 4.78 is 0. The van der Waals surface area contributed by atoms with Gasteiger partial charge in [0.25, 0.3) is 0 Å². The highest BCUT2D eigenvalue weighted by Crippen LogP contribution is 2.31. The molecule has 2 N–H and O–H groups in total. The van der Waals surface area contributed by atoms with Crippen molar-refractivity contribution in [3.8, 4) is 0 Å². The predicted octanol–water partition coefficient (Wildman–Crippen LogP) is 0.197. The van der Waals surface area contributed by atoms with Crippen LogP contribution in [-0.2, 0) is 10.3 Å². The number of hydrogen-bond acceptors (Lipinski definition) is 3. The highest BCUT2D eigenvalue weighted by atomic mass is 16.2. The molecule has 1 atom stereocenters. The Balaban J connectivity index is 2.41. The molecule has 0 radical (unpaired) electrons. The van der Waals surface area contributed by atoms with Gasteiger partial charge >= 0.3 is 6.03 Å². The van der Waals surface area contributed by atoms with E-state index in [2.05, 4.69) is 15.5 Å². The van der Waals surface area contributed by atoms with Crippen molar-refractivity contribution >= 4 is 11.9 Å². The van der Waals surface area contributed by atoms with Crippen LogP contribution in [0.25, 0.3) is 0 Å². The molecule has 2 rings (SSSR count). The van der Waals surface area contributed by atoms with E-state index in [0.29, 0.717) is 0 Å². The number of nitrogens with one attached hydrogen (secondary N) is 2. The van der Waals surface area contributed by atoms with Gasteiger partial charge in [0.15, 0.2) is 0 Å². The number of aromatic nitrogens is 2. The molecule has 0 aromatic carbocycles. The number of carbonyl (C=O) groups excluding carboxylic acids is 2. The first-order chi connectivity index (χ1) is 7.04. The highest BCUT2D eigenvalue weighted by Gasteiger charge is 2.42. The van der Waals surface area contributed by atoms with Crippen molar-refractivity contribution in [2.75, 3.05) is 7.05 Å². The number of nitrogens with zero attached hydrogens (tertiary/aromatic N) is 2. The molecule has 6 heteroatoms. The van der Waals surface area contributed by atoms with Crippen molar-refractivity contribution in [2.24, 2.45) is 0 Å². The summed E-state index contributed by atoms with van der Waals surface area (Å²) >= 11 is 0.